The third-order valence-electron chi connectivity index (χ3n) is 3.68. The fraction of sp³-hybridized carbons (Fsp3) is 0.312. The number of carbonyl (C=O) groups is 1. The van der Waals surface area contributed by atoms with Crippen LogP contribution in [0.3, 0.4) is 0 Å². The van der Waals surface area contributed by atoms with Crippen LogP contribution in [0.15, 0.2) is 30.3 Å². The molecule has 1 fully saturated rings. The number of nitrogens with one attached hydrogen (secondary N) is 2. The highest BCUT2D eigenvalue weighted by molar-refractivity contribution is 5.92. The third kappa shape index (κ3) is 3.18. The second-order valence-electron chi connectivity index (χ2n) is 5.42. The molecule has 0 radical (unpaired) electrons. The van der Waals surface area contributed by atoms with Crippen molar-refractivity contribution >= 4 is 17.4 Å². The van der Waals surface area contributed by atoms with Crippen LogP contribution in [0.4, 0.5) is 11.5 Å². The van der Waals surface area contributed by atoms with Gasteiger partial charge in [0.05, 0.1) is 0 Å². The van der Waals surface area contributed by atoms with Crippen LogP contribution in [0.5, 0.6) is 0 Å². The Morgan fingerprint density at radius 1 is 1.14 bits per heavy atom. The van der Waals surface area contributed by atoms with Crippen LogP contribution >= 0.6 is 0 Å². The van der Waals surface area contributed by atoms with Gasteiger partial charge in [0.1, 0.15) is 0 Å². The lowest BCUT2D eigenvalue weighted by Gasteiger charge is -2.10. The maximum Gasteiger partial charge on any atom is 0.272 e. The Morgan fingerprint density at radius 2 is 1.95 bits per heavy atom. The van der Waals surface area contributed by atoms with Crippen molar-refractivity contribution in [3.8, 4) is 0 Å². The van der Waals surface area contributed by atoms with E-state index in [1.165, 1.54) is 11.1 Å². The predicted molar refractivity (Wildman–Crippen MR) is 81.7 cm³/mol. The summed E-state index contributed by atoms with van der Waals surface area (Å²) in [5.41, 5.74) is 3.75. The highest BCUT2D eigenvalue weighted by Crippen LogP contribution is 2.22. The molecule has 3 rings (SSSR count). The molecule has 1 amide bonds. The molecule has 5 nitrogen and oxygen atoms in total. The number of benzene rings is 1. The first-order valence-corrected chi connectivity index (χ1v) is 7.11. The van der Waals surface area contributed by atoms with Crippen LogP contribution in [0.25, 0.3) is 0 Å². The number of aromatic nitrogens is 2. The Morgan fingerprint density at radius 3 is 2.62 bits per heavy atom. The van der Waals surface area contributed by atoms with E-state index in [1.807, 2.05) is 12.1 Å². The standard InChI is InChI=1S/C16H18N4O/c1-10-4-3-5-13(11(10)2)18-15-9-8-14(19-20-15)16(21)17-12-6-7-12/h3-5,8-9,12H,6-7H2,1-2H3,(H,17,21)(H,18,20). The first-order valence-electron chi connectivity index (χ1n) is 7.11. The first kappa shape index (κ1) is 13.5. The van der Waals surface area contributed by atoms with Crippen molar-refractivity contribution in [2.45, 2.75) is 32.7 Å². The molecule has 2 aromatic rings. The quantitative estimate of drug-likeness (QED) is 0.905. The summed E-state index contributed by atoms with van der Waals surface area (Å²) in [4.78, 5) is 11.8. The van der Waals surface area contributed by atoms with Crippen molar-refractivity contribution in [1.29, 1.82) is 0 Å². The normalized spacial score (nSPS) is 13.8. The zero-order valence-corrected chi connectivity index (χ0v) is 12.2. The monoisotopic (exact) mass is 282 g/mol. The molecule has 0 atom stereocenters. The van der Waals surface area contributed by atoms with Crippen LogP contribution in [0.1, 0.15) is 34.5 Å². The van der Waals surface area contributed by atoms with Crippen LogP contribution in [0.2, 0.25) is 0 Å². The van der Waals surface area contributed by atoms with E-state index in [2.05, 4.69) is 40.7 Å². The summed E-state index contributed by atoms with van der Waals surface area (Å²) in [6.45, 7) is 4.13. The Kier molecular flexibility index (Phi) is 3.56. The number of carbonyl (C=O) groups excluding carboxylic acids is 1. The first-order chi connectivity index (χ1) is 10.1. The number of hydrogen-bond donors (Lipinski definition) is 2. The molecule has 1 aliphatic carbocycles. The van der Waals surface area contributed by atoms with Gasteiger partial charge in [-0.05, 0) is 56.0 Å². The minimum absolute atomic E-state index is 0.150. The van der Waals surface area contributed by atoms with Gasteiger partial charge in [0, 0.05) is 11.7 Å². The molecule has 5 heteroatoms. The largest absolute Gasteiger partial charge is 0.348 e. The molecule has 0 spiro atoms. The minimum atomic E-state index is -0.150. The molecule has 0 bridgehead atoms. The van der Waals surface area contributed by atoms with Gasteiger partial charge in [-0.25, -0.2) is 0 Å². The zero-order valence-electron chi connectivity index (χ0n) is 12.2. The van der Waals surface area contributed by atoms with Crippen LogP contribution in [-0.2, 0) is 0 Å². The van der Waals surface area contributed by atoms with Gasteiger partial charge >= 0.3 is 0 Å². The molecule has 1 aromatic carbocycles. The summed E-state index contributed by atoms with van der Waals surface area (Å²) in [7, 11) is 0. The Hall–Kier alpha value is -2.43. The molecule has 1 aliphatic rings. The maximum atomic E-state index is 11.8. The zero-order chi connectivity index (χ0) is 14.8. The average Bonchev–Trinajstić information content (AvgIpc) is 3.28. The maximum absolute atomic E-state index is 11.8. The van der Waals surface area contributed by atoms with E-state index < -0.39 is 0 Å². The van der Waals surface area contributed by atoms with E-state index in [-0.39, 0.29) is 5.91 Å². The molecule has 0 saturated heterocycles. The molecule has 0 aliphatic heterocycles. The Labute approximate surface area is 123 Å². The van der Waals surface area contributed by atoms with Crippen molar-refractivity contribution in [1.82, 2.24) is 15.5 Å². The van der Waals surface area contributed by atoms with Crippen LogP contribution in [-0.4, -0.2) is 22.1 Å². The number of nitrogens with zero attached hydrogens (tertiary/aromatic N) is 2. The molecule has 0 unspecified atom stereocenters. The Balaban J connectivity index is 1.71. The highest BCUT2D eigenvalue weighted by Gasteiger charge is 2.24. The molecule has 1 aromatic heterocycles. The number of anilines is 2. The van der Waals surface area contributed by atoms with Gasteiger partial charge in [0.15, 0.2) is 11.5 Å². The summed E-state index contributed by atoms with van der Waals surface area (Å²) >= 11 is 0. The van der Waals surface area contributed by atoms with E-state index >= 15 is 0 Å². The van der Waals surface area contributed by atoms with Gasteiger partial charge in [0.25, 0.3) is 5.91 Å². The molecule has 108 valence electrons. The number of rotatable bonds is 4. The lowest BCUT2D eigenvalue weighted by Crippen LogP contribution is -2.26. The van der Waals surface area contributed by atoms with E-state index in [4.69, 9.17) is 0 Å². The van der Waals surface area contributed by atoms with Crippen molar-refractivity contribution in [3.05, 3.63) is 47.2 Å². The topological polar surface area (TPSA) is 66.9 Å². The second kappa shape index (κ2) is 5.52. The summed E-state index contributed by atoms with van der Waals surface area (Å²) in [6.07, 6.45) is 2.12. The lowest BCUT2D eigenvalue weighted by atomic mass is 10.1. The highest BCUT2D eigenvalue weighted by atomic mass is 16.2. The molecule has 1 heterocycles. The van der Waals surface area contributed by atoms with E-state index in [1.54, 1.807) is 12.1 Å². The number of amides is 1. The van der Waals surface area contributed by atoms with Gasteiger partial charge in [-0.2, -0.15) is 0 Å². The average molecular weight is 282 g/mol. The lowest BCUT2D eigenvalue weighted by molar-refractivity contribution is 0.0945. The van der Waals surface area contributed by atoms with Crippen LogP contribution < -0.4 is 10.6 Å². The molecular formula is C16H18N4O. The van der Waals surface area contributed by atoms with Crippen molar-refractivity contribution < 1.29 is 4.79 Å². The minimum Gasteiger partial charge on any atom is -0.348 e. The van der Waals surface area contributed by atoms with E-state index in [0.717, 1.165) is 18.5 Å². The van der Waals surface area contributed by atoms with Crippen molar-refractivity contribution in [2.24, 2.45) is 0 Å². The van der Waals surface area contributed by atoms with Crippen molar-refractivity contribution in [3.63, 3.8) is 0 Å². The molecule has 1 saturated carbocycles. The summed E-state index contributed by atoms with van der Waals surface area (Å²) in [5, 5.41) is 14.2. The van der Waals surface area contributed by atoms with Crippen LogP contribution in [0, 0.1) is 13.8 Å². The fourth-order valence-electron chi connectivity index (χ4n) is 2.03. The van der Waals surface area contributed by atoms with Gasteiger partial charge < -0.3 is 10.6 Å². The van der Waals surface area contributed by atoms with Gasteiger partial charge in [-0.15, -0.1) is 10.2 Å². The molecule has 2 N–H and O–H groups in total. The van der Waals surface area contributed by atoms with Gasteiger partial charge in [-0.3, -0.25) is 4.79 Å². The number of aryl methyl sites for hydroxylation is 1. The summed E-state index contributed by atoms with van der Waals surface area (Å²) < 4.78 is 0. The summed E-state index contributed by atoms with van der Waals surface area (Å²) in [6, 6.07) is 9.85. The van der Waals surface area contributed by atoms with Gasteiger partial charge in [0.2, 0.25) is 0 Å². The predicted octanol–water partition coefficient (Wildman–Crippen LogP) is 2.73. The van der Waals surface area contributed by atoms with E-state index in [0.29, 0.717) is 17.6 Å². The summed E-state index contributed by atoms with van der Waals surface area (Å²) in [5.74, 6) is 0.481. The molecular weight excluding hydrogens is 264 g/mol. The van der Waals surface area contributed by atoms with Crippen molar-refractivity contribution in [2.75, 3.05) is 5.32 Å². The molecule has 21 heavy (non-hydrogen) atoms. The third-order valence-corrected chi connectivity index (χ3v) is 3.68. The second-order valence-corrected chi connectivity index (χ2v) is 5.42. The smallest absolute Gasteiger partial charge is 0.272 e. The number of hydrogen-bond acceptors (Lipinski definition) is 4. The fourth-order valence-corrected chi connectivity index (χ4v) is 2.03. The SMILES string of the molecule is Cc1cccc(Nc2ccc(C(=O)NC3CC3)nn2)c1C. The van der Waals surface area contributed by atoms with Gasteiger partial charge in [-0.1, -0.05) is 12.1 Å². The Bertz CT molecular complexity index is 662. The van der Waals surface area contributed by atoms with E-state index in [9.17, 15) is 4.79 Å².